The quantitative estimate of drug-likeness (QED) is 0.435. The van der Waals surface area contributed by atoms with E-state index >= 15 is 0 Å². The Morgan fingerprint density at radius 1 is 0.840 bits per heavy atom. The molecule has 6 rings (SSSR count). The first-order valence-corrected chi connectivity index (χ1v) is 8.86. The van der Waals surface area contributed by atoms with Crippen molar-refractivity contribution in [1.82, 2.24) is 14.4 Å². The zero-order chi connectivity index (χ0) is 16.5. The van der Waals surface area contributed by atoms with Gasteiger partial charge in [-0.3, -0.25) is 9.20 Å². The fraction of sp³-hybridized carbons (Fsp3) is 0. The van der Waals surface area contributed by atoms with Crippen LogP contribution < -0.4 is 5.56 Å². The zero-order valence-electron chi connectivity index (χ0n) is 13.0. The smallest absolute Gasteiger partial charge is 0.282 e. The van der Waals surface area contributed by atoms with Crippen LogP contribution in [-0.4, -0.2) is 14.4 Å². The molecule has 3 aromatic carbocycles. The van der Waals surface area contributed by atoms with Crippen molar-refractivity contribution in [3.8, 4) is 0 Å². The van der Waals surface area contributed by atoms with Gasteiger partial charge in [0.15, 0.2) is 4.96 Å². The van der Waals surface area contributed by atoms with E-state index in [0.717, 1.165) is 42.5 Å². The van der Waals surface area contributed by atoms with Crippen LogP contribution in [0.4, 0.5) is 0 Å². The van der Waals surface area contributed by atoms with Crippen molar-refractivity contribution < 1.29 is 0 Å². The third-order valence-electron chi connectivity index (χ3n) is 4.80. The molecule has 0 unspecified atom stereocenters. The molecule has 1 N–H and O–H groups in total. The van der Waals surface area contributed by atoms with Gasteiger partial charge in [0.25, 0.3) is 5.56 Å². The van der Waals surface area contributed by atoms with Gasteiger partial charge in [-0.1, -0.05) is 41.7 Å². The summed E-state index contributed by atoms with van der Waals surface area (Å²) < 4.78 is 3.22. The number of hydrogen-bond acceptors (Lipinski definition) is 3. The average molecular weight is 341 g/mol. The Morgan fingerprint density at radius 3 is 2.64 bits per heavy atom. The van der Waals surface area contributed by atoms with Crippen LogP contribution in [0.5, 0.6) is 0 Å². The topological polar surface area (TPSA) is 50.2 Å². The third kappa shape index (κ3) is 1.60. The Bertz CT molecular complexity index is 1510. The molecule has 3 heterocycles. The summed E-state index contributed by atoms with van der Waals surface area (Å²) in [5.74, 6) is 0. The summed E-state index contributed by atoms with van der Waals surface area (Å²) in [6.45, 7) is 0. The van der Waals surface area contributed by atoms with E-state index in [4.69, 9.17) is 0 Å². The summed E-state index contributed by atoms with van der Waals surface area (Å²) in [4.78, 5) is 21.4. The van der Waals surface area contributed by atoms with Gasteiger partial charge in [-0.2, -0.15) is 4.98 Å². The molecule has 0 bridgehead atoms. The molecule has 118 valence electrons. The first-order valence-electron chi connectivity index (χ1n) is 8.05. The summed E-state index contributed by atoms with van der Waals surface area (Å²) >= 11 is 1.55. The Labute approximate surface area is 145 Å². The molecule has 0 aliphatic heterocycles. The molecule has 4 nitrogen and oxygen atoms in total. The largest absolute Gasteiger partial charge is 0.354 e. The third-order valence-corrected chi connectivity index (χ3v) is 5.82. The van der Waals surface area contributed by atoms with Crippen molar-refractivity contribution in [3.05, 3.63) is 71.0 Å². The Kier molecular flexibility index (Phi) is 2.35. The Balaban J connectivity index is 1.99. The highest BCUT2D eigenvalue weighted by molar-refractivity contribution is 7.23. The van der Waals surface area contributed by atoms with Crippen LogP contribution in [0.25, 0.3) is 47.9 Å². The van der Waals surface area contributed by atoms with Crippen LogP contribution >= 0.6 is 11.3 Å². The molecule has 0 amide bonds. The van der Waals surface area contributed by atoms with E-state index in [1.165, 1.54) is 0 Å². The second-order valence-electron chi connectivity index (χ2n) is 6.16. The van der Waals surface area contributed by atoms with Crippen molar-refractivity contribution in [2.45, 2.75) is 0 Å². The highest BCUT2D eigenvalue weighted by Crippen LogP contribution is 2.33. The van der Waals surface area contributed by atoms with Gasteiger partial charge >= 0.3 is 0 Å². The predicted molar refractivity (Wildman–Crippen MR) is 104 cm³/mol. The molecule has 0 atom stereocenters. The van der Waals surface area contributed by atoms with E-state index < -0.39 is 0 Å². The second-order valence-corrected chi connectivity index (χ2v) is 7.17. The van der Waals surface area contributed by atoms with Gasteiger partial charge in [-0.15, -0.1) is 0 Å². The monoisotopic (exact) mass is 341 g/mol. The normalized spacial score (nSPS) is 12.2. The van der Waals surface area contributed by atoms with E-state index in [-0.39, 0.29) is 5.56 Å². The number of nitrogens with one attached hydrogen (secondary N) is 1. The van der Waals surface area contributed by atoms with Crippen LogP contribution in [0.1, 0.15) is 0 Å². The van der Waals surface area contributed by atoms with E-state index in [2.05, 4.69) is 32.6 Å². The number of aromatic amines is 1. The van der Waals surface area contributed by atoms with Gasteiger partial charge in [0.1, 0.15) is 0 Å². The summed E-state index contributed by atoms with van der Waals surface area (Å²) in [5.41, 5.74) is 3.82. The number of benzene rings is 3. The number of fused-ring (bicyclic) bond motifs is 9. The number of nitrogens with zero attached hydrogens (tertiary/aromatic N) is 2. The highest BCUT2D eigenvalue weighted by atomic mass is 32.1. The molecule has 0 saturated carbocycles. The maximum absolute atomic E-state index is 12.9. The average Bonchev–Trinajstić information content (AvgIpc) is 3.19. The van der Waals surface area contributed by atoms with Gasteiger partial charge < -0.3 is 4.98 Å². The van der Waals surface area contributed by atoms with E-state index in [1.807, 2.05) is 42.5 Å². The predicted octanol–water partition coefficient (Wildman–Crippen LogP) is 4.70. The minimum atomic E-state index is -0.170. The molecule has 25 heavy (non-hydrogen) atoms. The van der Waals surface area contributed by atoms with Crippen molar-refractivity contribution in [3.63, 3.8) is 0 Å². The number of thiazole rings is 1. The highest BCUT2D eigenvalue weighted by Gasteiger charge is 2.16. The summed E-state index contributed by atoms with van der Waals surface area (Å²) in [5, 5.41) is 2.69. The summed E-state index contributed by atoms with van der Waals surface area (Å²) in [7, 11) is 0. The van der Waals surface area contributed by atoms with E-state index in [0.29, 0.717) is 5.39 Å². The van der Waals surface area contributed by atoms with Crippen LogP contribution in [0, 0.1) is 0 Å². The van der Waals surface area contributed by atoms with Gasteiger partial charge in [0, 0.05) is 21.8 Å². The maximum atomic E-state index is 12.9. The number of para-hydroxylation sites is 2. The molecular weight excluding hydrogens is 330 g/mol. The first kappa shape index (κ1) is 13.1. The molecule has 0 aliphatic rings. The molecular formula is C20H11N3OS. The van der Waals surface area contributed by atoms with Crippen molar-refractivity contribution in [1.29, 1.82) is 0 Å². The molecule has 0 spiro atoms. The minimum absolute atomic E-state index is 0.170. The van der Waals surface area contributed by atoms with Crippen LogP contribution in [0.3, 0.4) is 0 Å². The van der Waals surface area contributed by atoms with Gasteiger partial charge in [-0.25, -0.2) is 0 Å². The number of hydrogen-bond donors (Lipinski definition) is 1. The lowest BCUT2D eigenvalue weighted by Crippen LogP contribution is -2.09. The van der Waals surface area contributed by atoms with E-state index in [9.17, 15) is 4.79 Å². The Morgan fingerprint density at radius 2 is 1.68 bits per heavy atom. The lowest BCUT2D eigenvalue weighted by atomic mass is 10.1. The molecule has 0 aliphatic carbocycles. The lowest BCUT2D eigenvalue weighted by Gasteiger charge is -2.04. The van der Waals surface area contributed by atoms with Crippen molar-refractivity contribution in [2.24, 2.45) is 0 Å². The van der Waals surface area contributed by atoms with Gasteiger partial charge in [0.05, 0.1) is 21.1 Å². The fourth-order valence-electron chi connectivity index (χ4n) is 3.76. The van der Waals surface area contributed by atoms with Gasteiger partial charge in [0.2, 0.25) is 0 Å². The summed E-state index contributed by atoms with van der Waals surface area (Å²) in [6, 6.07) is 20.3. The SMILES string of the molecule is O=c1nc2sc3ccccc3n2c2ccc3[nH]c4ccccc4c3c12. The molecule has 0 fully saturated rings. The second kappa shape index (κ2) is 4.46. The van der Waals surface area contributed by atoms with Crippen LogP contribution in [0.2, 0.25) is 0 Å². The summed E-state index contributed by atoms with van der Waals surface area (Å²) in [6.07, 6.45) is 0. The van der Waals surface area contributed by atoms with E-state index in [1.54, 1.807) is 11.3 Å². The van der Waals surface area contributed by atoms with Crippen LogP contribution in [0.15, 0.2) is 65.5 Å². The first-order chi connectivity index (χ1) is 12.3. The molecule has 5 heteroatoms. The van der Waals surface area contributed by atoms with Crippen molar-refractivity contribution in [2.75, 3.05) is 0 Å². The minimum Gasteiger partial charge on any atom is -0.354 e. The number of H-pyrrole nitrogens is 1. The van der Waals surface area contributed by atoms with Gasteiger partial charge in [-0.05, 0) is 30.3 Å². The standard InChI is InChI=1S/C20H11N3OS/c24-19-18-15(23-14-7-3-4-8-16(14)25-20(23)22-19)10-9-13-17(18)11-5-1-2-6-12(11)21-13/h1-10,21H. The molecule has 0 radical (unpaired) electrons. The van der Waals surface area contributed by atoms with Crippen LogP contribution in [-0.2, 0) is 0 Å². The number of aromatic nitrogens is 3. The lowest BCUT2D eigenvalue weighted by molar-refractivity contribution is 1.21. The zero-order valence-corrected chi connectivity index (χ0v) is 13.8. The molecule has 0 saturated heterocycles. The maximum Gasteiger partial charge on any atom is 0.282 e. The van der Waals surface area contributed by atoms with Crippen molar-refractivity contribution >= 4 is 59.2 Å². The molecule has 6 aromatic rings. The fourth-order valence-corrected chi connectivity index (χ4v) is 4.78. The molecule has 3 aromatic heterocycles. The number of rotatable bonds is 0. The Hall–Kier alpha value is -3.18.